The van der Waals surface area contributed by atoms with Crippen LogP contribution in [-0.4, -0.2) is 37.6 Å². The highest BCUT2D eigenvalue weighted by Crippen LogP contribution is 2.34. The van der Waals surface area contributed by atoms with Crippen LogP contribution in [0, 0.1) is 5.41 Å². The minimum Gasteiger partial charge on any atom is -0.465 e. The molecule has 3 rings (SSSR count). The average molecular weight is 343 g/mol. The Hall–Kier alpha value is -2.47. The normalized spacial score (nSPS) is 18.4. The van der Waals surface area contributed by atoms with Crippen LogP contribution in [0.25, 0.3) is 0 Å². The summed E-state index contributed by atoms with van der Waals surface area (Å²) >= 11 is 0. The number of carbonyl (C=O) groups is 3. The molecular weight excluding hydrogens is 322 g/mol. The number of imide groups is 1. The summed E-state index contributed by atoms with van der Waals surface area (Å²) in [5.41, 5.74) is 1.44. The molecule has 1 aromatic rings. The van der Waals surface area contributed by atoms with Crippen LogP contribution < -0.4 is 4.90 Å². The van der Waals surface area contributed by atoms with Crippen molar-refractivity contribution in [3.63, 3.8) is 0 Å². The van der Waals surface area contributed by atoms with E-state index in [1.165, 1.54) is 12.2 Å². The molecule has 6 heteroatoms. The van der Waals surface area contributed by atoms with Gasteiger partial charge in [-0.25, -0.2) is 4.90 Å². The van der Waals surface area contributed by atoms with Crippen molar-refractivity contribution in [1.29, 1.82) is 0 Å². The first-order valence-electron chi connectivity index (χ1n) is 8.41. The van der Waals surface area contributed by atoms with Crippen LogP contribution in [0.15, 0.2) is 36.4 Å². The maximum absolute atomic E-state index is 12.0. The molecule has 1 saturated heterocycles. The van der Waals surface area contributed by atoms with Crippen molar-refractivity contribution >= 4 is 23.5 Å². The van der Waals surface area contributed by atoms with Crippen LogP contribution in [0.5, 0.6) is 0 Å². The lowest BCUT2D eigenvalue weighted by Gasteiger charge is -2.40. The van der Waals surface area contributed by atoms with Gasteiger partial charge in [0.05, 0.1) is 31.9 Å². The summed E-state index contributed by atoms with van der Waals surface area (Å²) in [6.07, 6.45) is 4.48. The van der Waals surface area contributed by atoms with Crippen LogP contribution >= 0.6 is 0 Å². The van der Waals surface area contributed by atoms with Gasteiger partial charge in [-0.2, -0.15) is 0 Å². The maximum atomic E-state index is 12.0. The van der Waals surface area contributed by atoms with Crippen LogP contribution in [0.4, 0.5) is 5.69 Å². The molecule has 0 N–H and O–H groups in total. The Labute approximate surface area is 146 Å². The molecule has 1 fully saturated rings. The summed E-state index contributed by atoms with van der Waals surface area (Å²) < 4.78 is 10.6. The fraction of sp³-hybridized carbons (Fsp3) is 0.421. The van der Waals surface area contributed by atoms with Crippen molar-refractivity contribution in [2.75, 3.05) is 24.7 Å². The molecule has 6 nitrogen and oxygen atoms in total. The maximum Gasteiger partial charge on any atom is 0.310 e. The van der Waals surface area contributed by atoms with Crippen molar-refractivity contribution in [2.24, 2.45) is 5.41 Å². The second kappa shape index (κ2) is 7.19. The smallest absolute Gasteiger partial charge is 0.310 e. The van der Waals surface area contributed by atoms with E-state index in [-0.39, 0.29) is 29.6 Å². The highest BCUT2D eigenvalue weighted by molar-refractivity contribution is 6.28. The van der Waals surface area contributed by atoms with Crippen molar-refractivity contribution < 1.29 is 23.9 Å². The van der Waals surface area contributed by atoms with Crippen molar-refractivity contribution in [1.82, 2.24) is 0 Å². The lowest BCUT2D eigenvalue weighted by Crippen LogP contribution is -2.42. The fourth-order valence-electron chi connectivity index (χ4n) is 2.93. The van der Waals surface area contributed by atoms with E-state index >= 15 is 0 Å². The molecule has 0 bridgehead atoms. The molecule has 0 spiro atoms. The molecular formula is C19H21NO5. The Bertz CT molecular complexity index is 680. The van der Waals surface area contributed by atoms with E-state index in [2.05, 4.69) is 6.92 Å². The lowest BCUT2D eigenvalue weighted by molar-refractivity contribution is -0.151. The van der Waals surface area contributed by atoms with E-state index < -0.39 is 0 Å². The van der Waals surface area contributed by atoms with Gasteiger partial charge in [0, 0.05) is 17.6 Å². The summed E-state index contributed by atoms with van der Waals surface area (Å²) in [7, 11) is 0. The molecule has 0 aliphatic carbocycles. The topological polar surface area (TPSA) is 72.9 Å². The summed E-state index contributed by atoms with van der Waals surface area (Å²) in [4.78, 5) is 36.3. The second-order valence-corrected chi connectivity index (χ2v) is 6.51. The van der Waals surface area contributed by atoms with Gasteiger partial charge in [-0.15, -0.1) is 0 Å². The number of hydrogen-bond acceptors (Lipinski definition) is 5. The largest absolute Gasteiger partial charge is 0.465 e. The van der Waals surface area contributed by atoms with Crippen LogP contribution in [-0.2, 0) is 30.3 Å². The molecule has 0 saturated carbocycles. The number of hydrogen-bond donors (Lipinski definition) is 0. The fourth-order valence-corrected chi connectivity index (χ4v) is 2.93. The standard InChI is InChI=1S/C19H21NO5/c1-2-19(12-24-13-19)9-10-25-18(23)11-14-3-5-15(6-4-14)20-16(21)7-8-17(20)22/h3-8H,2,9-13H2,1H3. The number of amides is 2. The van der Waals surface area contributed by atoms with Gasteiger partial charge in [-0.05, 0) is 30.5 Å². The number of rotatable bonds is 7. The van der Waals surface area contributed by atoms with Crippen LogP contribution in [0.2, 0.25) is 0 Å². The van der Waals surface area contributed by atoms with Gasteiger partial charge in [0.2, 0.25) is 0 Å². The zero-order valence-electron chi connectivity index (χ0n) is 14.2. The van der Waals surface area contributed by atoms with Gasteiger partial charge in [-0.3, -0.25) is 14.4 Å². The number of anilines is 1. The molecule has 2 aliphatic rings. The molecule has 132 valence electrons. The SMILES string of the molecule is CCC1(CCOC(=O)Cc2ccc(N3C(=O)C=CC3=O)cc2)COC1. The Balaban J connectivity index is 1.49. The zero-order chi connectivity index (χ0) is 17.9. The number of ether oxygens (including phenoxy) is 2. The summed E-state index contributed by atoms with van der Waals surface area (Å²) in [6, 6.07) is 6.76. The van der Waals surface area contributed by atoms with Gasteiger partial charge in [0.1, 0.15) is 0 Å². The Morgan fingerprint density at radius 1 is 1.16 bits per heavy atom. The average Bonchev–Trinajstić information content (AvgIpc) is 2.90. The lowest BCUT2D eigenvalue weighted by atomic mass is 9.80. The second-order valence-electron chi connectivity index (χ2n) is 6.51. The molecule has 2 aliphatic heterocycles. The molecule has 25 heavy (non-hydrogen) atoms. The third kappa shape index (κ3) is 3.79. The number of carbonyl (C=O) groups excluding carboxylic acids is 3. The predicted octanol–water partition coefficient (Wildman–Crippen LogP) is 2.02. The van der Waals surface area contributed by atoms with E-state index in [1.807, 2.05) is 0 Å². The monoisotopic (exact) mass is 343 g/mol. The van der Waals surface area contributed by atoms with Crippen LogP contribution in [0.3, 0.4) is 0 Å². The van der Waals surface area contributed by atoms with E-state index in [9.17, 15) is 14.4 Å². The number of nitrogens with zero attached hydrogens (tertiary/aromatic N) is 1. The zero-order valence-corrected chi connectivity index (χ0v) is 14.2. The highest BCUT2D eigenvalue weighted by atomic mass is 16.5. The molecule has 0 radical (unpaired) electrons. The van der Waals surface area contributed by atoms with Gasteiger partial charge < -0.3 is 9.47 Å². The van der Waals surface area contributed by atoms with E-state index in [0.717, 1.165) is 36.5 Å². The Morgan fingerprint density at radius 3 is 2.32 bits per heavy atom. The minimum atomic E-state index is -0.359. The van der Waals surface area contributed by atoms with Gasteiger partial charge >= 0.3 is 5.97 Å². The molecule has 2 heterocycles. The van der Waals surface area contributed by atoms with Crippen molar-refractivity contribution in [2.45, 2.75) is 26.2 Å². The molecule has 0 unspecified atom stereocenters. The third-order valence-electron chi connectivity index (χ3n) is 4.81. The van der Waals surface area contributed by atoms with Crippen LogP contribution in [0.1, 0.15) is 25.3 Å². The first-order valence-corrected chi connectivity index (χ1v) is 8.41. The molecule has 2 amide bonds. The predicted molar refractivity (Wildman–Crippen MR) is 90.9 cm³/mol. The summed E-state index contributed by atoms with van der Waals surface area (Å²) in [6.45, 7) is 4.00. The number of benzene rings is 1. The van der Waals surface area contributed by atoms with Gasteiger partial charge in [0.15, 0.2) is 0 Å². The van der Waals surface area contributed by atoms with Gasteiger partial charge in [0.25, 0.3) is 11.8 Å². The van der Waals surface area contributed by atoms with Gasteiger partial charge in [-0.1, -0.05) is 19.1 Å². The third-order valence-corrected chi connectivity index (χ3v) is 4.81. The molecule has 0 atom stereocenters. The first-order chi connectivity index (χ1) is 12.0. The summed E-state index contributed by atoms with van der Waals surface area (Å²) in [5.74, 6) is -1.00. The number of esters is 1. The first kappa shape index (κ1) is 17.4. The van der Waals surface area contributed by atoms with E-state index in [0.29, 0.717) is 12.3 Å². The summed E-state index contributed by atoms with van der Waals surface area (Å²) in [5, 5.41) is 0. The minimum absolute atomic E-state index is 0.163. The van der Waals surface area contributed by atoms with Crippen molar-refractivity contribution in [3.8, 4) is 0 Å². The van der Waals surface area contributed by atoms with E-state index in [4.69, 9.17) is 9.47 Å². The molecule has 1 aromatic carbocycles. The van der Waals surface area contributed by atoms with E-state index in [1.54, 1.807) is 24.3 Å². The van der Waals surface area contributed by atoms with Crippen molar-refractivity contribution in [3.05, 3.63) is 42.0 Å². The Kier molecular flexibility index (Phi) is 4.99. The highest BCUT2D eigenvalue weighted by Gasteiger charge is 2.36. The quantitative estimate of drug-likeness (QED) is 0.559. The molecule has 0 aromatic heterocycles. The Morgan fingerprint density at radius 2 is 1.80 bits per heavy atom.